The number of hydrogen-bond acceptors (Lipinski definition) is 2. The summed E-state index contributed by atoms with van der Waals surface area (Å²) in [6.07, 6.45) is 3.75. The second kappa shape index (κ2) is 4.94. The molecule has 0 aliphatic carbocycles. The fraction of sp³-hybridized carbons (Fsp3) is 1.00. The van der Waals surface area contributed by atoms with Crippen molar-refractivity contribution < 1.29 is 0 Å². The minimum absolute atomic E-state index is 0.765. The smallest absolute Gasteiger partial charge is 0.0236 e. The molecule has 0 spiro atoms. The number of nitrogens with zero attached hydrogens (tertiary/aromatic N) is 1. The van der Waals surface area contributed by atoms with Crippen LogP contribution in [-0.2, 0) is 0 Å². The summed E-state index contributed by atoms with van der Waals surface area (Å²) in [5, 5.41) is 2.28. The Bertz CT molecular complexity index is 81.7. The Kier molecular flexibility index (Phi) is 4.10. The van der Waals surface area contributed by atoms with Gasteiger partial charge in [0.2, 0.25) is 0 Å². The third kappa shape index (κ3) is 2.86. The van der Waals surface area contributed by atoms with Crippen LogP contribution in [-0.4, -0.2) is 30.5 Å². The molecule has 10 heavy (non-hydrogen) atoms. The minimum atomic E-state index is 0.765. The van der Waals surface area contributed by atoms with Crippen LogP contribution in [0.5, 0.6) is 0 Å². The highest BCUT2D eigenvalue weighted by atomic mass is 35.5. The summed E-state index contributed by atoms with van der Waals surface area (Å²) >= 11 is 5.53. The molecule has 0 aromatic heterocycles. The zero-order chi connectivity index (χ0) is 7.23. The Morgan fingerprint density at radius 3 is 2.60 bits per heavy atom. The summed E-state index contributed by atoms with van der Waals surface area (Å²) in [5.74, 6) is 0.765. The van der Waals surface area contributed by atoms with Crippen LogP contribution in [0.2, 0.25) is 0 Å². The normalized spacial score (nSPS) is 20.1. The first-order valence-electron chi connectivity index (χ1n) is 3.98. The van der Waals surface area contributed by atoms with Gasteiger partial charge in [-0.3, -0.25) is 5.43 Å². The molecule has 60 valence electrons. The lowest BCUT2D eigenvalue weighted by atomic mass is 10.4. The predicted octanol–water partition coefficient (Wildman–Crippen LogP) is 1.22. The molecule has 0 radical (unpaired) electrons. The highest BCUT2D eigenvalue weighted by Crippen LogP contribution is 2.03. The SMILES string of the molecule is ClCCCNN1CCCC1. The van der Waals surface area contributed by atoms with E-state index < -0.39 is 0 Å². The molecule has 1 saturated heterocycles. The van der Waals surface area contributed by atoms with Gasteiger partial charge in [-0.1, -0.05) is 0 Å². The molecule has 0 aromatic rings. The van der Waals surface area contributed by atoms with E-state index in [-0.39, 0.29) is 0 Å². The van der Waals surface area contributed by atoms with E-state index in [1.807, 2.05) is 0 Å². The van der Waals surface area contributed by atoms with E-state index in [0.717, 1.165) is 18.8 Å². The molecule has 1 rings (SSSR count). The summed E-state index contributed by atoms with van der Waals surface area (Å²) in [4.78, 5) is 0. The third-order valence-corrected chi connectivity index (χ3v) is 2.02. The van der Waals surface area contributed by atoms with Crippen molar-refractivity contribution in [2.75, 3.05) is 25.5 Å². The first-order chi connectivity index (χ1) is 4.93. The van der Waals surface area contributed by atoms with Gasteiger partial charge in [0.15, 0.2) is 0 Å². The molecular formula is C7H15ClN2. The molecule has 0 atom stereocenters. The van der Waals surface area contributed by atoms with Crippen molar-refractivity contribution in [2.24, 2.45) is 0 Å². The average Bonchev–Trinajstić information content (AvgIpc) is 2.41. The predicted molar refractivity (Wildman–Crippen MR) is 44.1 cm³/mol. The van der Waals surface area contributed by atoms with Crippen LogP contribution in [0.4, 0.5) is 0 Å². The van der Waals surface area contributed by atoms with Crippen molar-refractivity contribution in [1.82, 2.24) is 10.4 Å². The maximum atomic E-state index is 5.53. The quantitative estimate of drug-likeness (QED) is 0.494. The van der Waals surface area contributed by atoms with Crippen LogP contribution in [0.15, 0.2) is 0 Å². The Hall–Kier alpha value is 0.210. The van der Waals surface area contributed by atoms with Crippen molar-refractivity contribution in [3.63, 3.8) is 0 Å². The second-order valence-corrected chi connectivity index (χ2v) is 3.02. The maximum absolute atomic E-state index is 5.53. The van der Waals surface area contributed by atoms with Gasteiger partial charge in [0.1, 0.15) is 0 Å². The van der Waals surface area contributed by atoms with Crippen LogP contribution >= 0.6 is 11.6 Å². The first kappa shape index (κ1) is 8.31. The fourth-order valence-electron chi connectivity index (χ4n) is 1.18. The summed E-state index contributed by atoms with van der Waals surface area (Å²) in [6.45, 7) is 3.45. The van der Waals surface area contributed by atoms with Gasteiger partial charge in [0, 0.05) is 25.5 Å². The molecule has 1 fully saturated rings. The van der Waals surface area contributed by atoms with Gasteiger partial charge in [0.25, 0.3) is 0 Å². The van der Waals surface area contributed by atoms with E-state index in [1.54, 1.807) is 0 Å². The van der Waals surface area contributed by atoms with Gasteiger partial charge < -0.3 is 0 Å². The number of halogens is 1. The van der Waals surface area contributed by atoms with Crippen LogP contribution in [0.1, 0.15) is 19.3 Å². The molecule has 1 heterocycles. The Balaban J connectivity index is 1.91. The average molecular weight is 163 g/mol. The Morgan fingerprint density at radius 2 is 2.00 bits per heavy atom. The molecular weight excluding hydrogens is 148 g/mol. The largest absolute Gasteiger partial charge is 0.255 e. The highest BCUT2D eigenvalue weighted by molar-refractivity contribution is 6.17. The zero-order valence-corrected chi connectivity index (χ0v) is 7.03. The van der Waals surface area contributed by atoms with Crippen LogP contribution < -0.4 is 5.43 Å². The number of hydrazine groups is 1. The second-order valence-electron chi connectivity index (χ2n) is 2.64. The standard InChI is InChI=1S/C7H15ClN2/c8-4-3-5-9-10-6-1-2-7-10/h9H,1-7H2. The van der Waals surface area contributed by atoms with Crippen molar-refractivity contribution in [1.29, 1.82) is 0 Å². The van der Waals surface area contributed by atoms with Crippen LogP contribution in [0.3, 0.4) is 0 Å². The van der Waals surface area contributed by atoms with Crippen molar-refractivity contribution >= 4 is 11.6 Å². The van der Waals surface area contributed by atoms with Gasteiger partial charge in [-0.15, -0.1) is 11.6 Å². The molecule has 2 nitrogen and oxygen atoms in total. The maximum Gasteiger partial charge on any atom is 0.0236 e. The van der Waals surface area contributed by atoms with Crippen molar-refractivity contribution in [3.8, 4) is 0 Å². The number of hydrogen-bond donors (Lipinski definition) is 1. The van der Waals surface area contributed by atoms with Crippen LogP contribution in [0, 0.1) is 0 Å². The molecule has 3 heteroatoms. The van der Waals surface area contributed by atoms with E-state index in [1.165, 1.54) is 25.9 Å². The first-order valence-corrected chi connectivity index (χ1v) is 4.51. The third-order valence-electron chi connectivity index (χ3n) is 1.75. The highest BCUT2D eigenvalue weighted by Gasteiger charge is 2.08. The lowest BCUT2D eigenvalue weighted by molar-refractivity contribution is 0.237. The van der Waals surface area contributed by atoms with Crippen molar-refractivity contribution in [2.45, 2.75) is 19.3 Å². The molecule has 0 amide bonds. The zero-order valence-electron chi connectivity index (χ0n) is 6.27. The van der Waals surface area contributed by atoms with E-state index in [2.05, 4.69) is 10.4 Å². The lowest BCUT2D eigenvalue weighted by Gasteiger charge is -2.15. The fourth-order valence-corrected chi connectivity index (χ4v) is 1.31. The van der Waals surface area contributed by atoms with Gasteiger partial charge in [0.05, 0.1) is 0 Å². The Morgan fingerprint density at radius 1 is 1.30 bits per heavy atom. The number of nitrogens with one attached hydrogen (secondary N) is 1. The van der Waals surface area contributed by atoms with Crippen LogP contribution in [0.25, 0.3) is 0 Å². The van der Waals surface area contributed by atoms with Gasteiger partial charge in [-0.2, -0.15) is 0 Å². The van der Waals surface area contributed by atoms with Crippen molar-refractivity contribution in [3.05, 3.63) is 0 Å². The monoisotopic (exact) mass is 162 g/mol. The number of rotatable bonds is 4. The molecule has 1 aliphatic rings. The van der Waals surface area contributed by atoms with E-state index in [0.29, 0.717) is 0 Å². The summed E-state index contributed by atoms with van der Waals surface area (Å²) in [7, 11) is 0. The van der Waals surface area contributed by atoms with E-state index >= 15 is 0 Å². The molecule has 1 N–H and O–H groups in total. The molecule has 0 saturated carbocycles. The van der Waals surface area contributed by atoms with Gasteiger partial charge in [-0.05, 0) is 19.3 Å². The van der Waals surface area contributed by atoms with Gasteiger partial charge >= 0.3 is 0 Å². The summed E-state index contributed by atoms with van der Waals surface area (Å²) < 4.78 is 0. The molecule has 0 unspecified atom stereocenters. The Labute approximate surface area is 67.5 Å². The number of alkyl halides is 1. The van der Waals surface area contributed by atoms with Gasteiger partial charge in [-0.25, -0.2) is 5.01 Å². The molecule has 1 aliphatic heterocycles. The lowest BCUT2D eigenvalue weighted by Crippen LogP contribution is -2.35. The molecule has 0 aromatic carbocycles. The summed E-state index contributed by atoms with van der Waals surface area (Å²) in [6, 6.07) is 0. The topological polar surface area (TPSA) is 15.3 Å². The van der Waals surface area contributed by atoms with E-state index in [9.17, 15) is 0 Å². The van der Waals surface area contributed by atoms with E-state index in [4.69, 9.17) is 11.6 Å². The minimum Gasteiger partial charge on any atom is -0.255 e. The summed E-state index contributed by atoms with van der Waals surface area (Å²) in [5.41, 5.74) is 3.33. The molecule has 0 bridgehead atoms.